The van der Waals surface area contributed by atoms with Crippen LogP contribution in [-0.2, 0) is 11.3 Å². The molecule has 1 aromatic carbocycles. The first kappa shape index (κ1) is 12.7. The molecule has 5 nitrogen and oxygen atoms in total. The molecule has 2 aromatic rings. The summed E-state index contributed by atoms with van der Waals surface area (Å²) in [4.78, 5) is 25.2. The van der Waals surface area contributed by atoms with E-state index in [0.29, 0.717) is 21.3 Å². The van der Waals surface area contributed by atoms with Crippen LogP contribution in [0.15, 0.2) is 22.7 Å². The van der Waals surface area contributed by atoms with Gasteiger partial charge in [-0.25, -0.2) is 0 Å². The summed E-state index contributed by atoms with van der Waals surface area (Å²) in [7, 11) is 0. The molecular weight excluding hydrogens is 354 g/mol. The SMILES string of the molecule is O=C1C(=O)N(Cc2nnsc2Cl)c2ccc(Br)cc21. The van der Waals surface area contributed by atoms with E-state index < -0.39 is 11.7 Å². The summed E-state index contributed by atoms with van der Waals surface area (Å²) in [6.45, 7) is 0.147. The minimum absolute atomic E-state index is 0.147. The maximum Gasteiger partial charge on any atom is 0.299 e. The molecule has 0 N–H and O–H groups in total. The Labute approximate surface area is 125 Å². The smallest absolute Gasteiger partial charge is 0.299 e. The van der Waals surface area contributed by atoms with E-state index in [-0.39, 0.29) is 6.54 Å². The number of carbonyl (C=O) groups is 2. The number of fused-ring (bicyclic) bond motifs is 1. The van der Waals surface area contributed by atoms with E-state index in [1.165, 1.54) is 4.90 Å². The molecule has 0 spiro atoms. The van der Waals surface area contributed by atoms with Crippen molar-refractivity contribution >= 4 is 56.4 Å². The van der Waals surface area contributed by atoms with E-state index in [4.69, 9.17) is 11.6 Å². The molecule has 0 saturated heterocycles. The monoisotopic (exact) mass is 357 g/mol. The van der Waals surface area contributed by atoms with Gasteiger partial charge in [0, 0.05) is 16.0 Å². The number of Topliss-reactive ketones (excluding diaryl/α,β-unsaturated/α-hetero) is 1. The Morgan fingerprint density at radius 2 is 2.16 bits per heavy atom. The summed E-state index contributed by atoms with van der Waals surface area (Å²) in [5, 5.41) is 3.85. The quantitative estimate of drug-likeness (QED) is 0.774. The van der Waals surface area contributed by atoms with Crippen LogP contribution in [-0.4, -0.2) is 21.3 Å². The topological polar surface area (TPSA) is 63.2 Å². The van der Waals surface area contributed by atoms with Crippen molar-refractivity contribution in [2.45, 2.75) is 6.54 Å². The highest BCUT2D eigenvalue weighted by atomic mass is 79.9. The number of benzene rings is 1. The summed E-state index contributed by atoms with van der Waals surface area (Å²) in [6.07, 6.45) is 0. The van der Waals surface area contributed by atoms with Crippen molar-refractivity contribution < 1.29 is 9.59 Å². The molecule has 1 aliphatic rings. The first-order valence-electron chi connectivity index (χ1n) is 5.20. The van der Waals surface area contributed by atoms with Crippen molar-refractivity contribution in [1.29, 1.82) is 0 Å². The van der Waals surface area contributed by atoms with E-state index in [0.717, 1.165) is 16.0 Å². The molecule has 1 aromatic heterocycles. The Morgan fingerprint density at radius 1 is 1.37 bits per heavy atom. The van der Waals surface area contributed by atoms with Gasteiger partial charge in [0.05, 0.1) is 17.8 Å². The molecule has 3 rings (SSSR count). The lowest BCUT2D eigenvalue weighted by Crippen LogP contribution is -2.29. The molecule has 1 amide bonds. The number of amides is 1. The van der Waals surface area contributed by atoms with Gasteiger partial charge in [0.15, 0.2) is 0 Å². The number of ketones is 1. The Kier molecular flexibility index (Phi) is 3.12. The average molecular weight is 359 g/mol. The molecule has 0 radical (unpaired) electrons. The lowest BCUT2D eigenvalue weighted by Gasteiger charge is -2.14. The predicted molar refractivity (Wildman–Crippen MR) is 74.6 cm³/mol. The van der Waals surface area contributed by atoms with Crippen LogP contribution in [0.5, 0.6) is 0 Å². The highest BCUT2D eigenvalue weighted by Crippen LogP contribution is 2.33. The van der Waals surface area contributed by atoms with Crippen molar-refractivity contribution in [3.63, 3.8) is 0 Å². The summed E-state index contributed by atoms with van der Waals surface area (Å²) < 4.78 is 4.88. The van der Waals surface area contributed by atoms with Gasteiger partial charge in [0.1, 0.15) is 10.0 Å². The normalized spacial score (nSPS) is 14.1. The summed E-state index contributed by atoms with van der Waals surface area (Å²) in [5.74, 6) is -1.09. The highest BCUT2D eigenvalue weighted by Gasteiger charge is 2.36. The number of hydrogen-bond donors (Lipinski definition) is 0. The number of anilines is 1. The number of halogens is 2. The fraction of sp³-hybridized carbons (Fsp3) is 0.0909. The zero-order valence-electron chi connectivity index (χ0n) is 9.26. The molecule has 0 fully saturated rings. The molecule has 2 heterocycles. The van der Waals surface area contributed by atoms with E-state index >= 15 is 0 Å². The minimum Gasteiger partial charge on any atom is -0.299 e. The Hall–Kier alpha value is -1.31. The largest absolute Gasteiger partial charge is 0.299 e. The lowest BCUT2D eigenvalue weighted by molar-refractivity contribution is -0.114. The van der Waals surface area contributed by atoms with Gasteiger partial charge in [-0.1, -0.05) is 32.0 Å². The number of aromatic nitrogens is 2. The second-order valence-electron chi connectivity index (χ2n) is 3.88. The summed E-state index contributed by atoms with van der Waals surface area (Å²) in [5.41, 5.74) is 1.45. The Bertz CT molecular complexity index is 703. The first-order valence-corrected chi connectivity index (χ1v) is 7.15. The third kappa shape index (κ3) is 2.07. The maximum absolute atomic E-state index is 12.0. The molecule has 19 heavy (non-hydrogen) atoms. The van der Waals surface area contributed by atoms with E-state index in [9.17, 15) is 9.59 Å². The van der Waals surface area contributed by atoms with Gasteiger partial charge < -0.3 is 0 Å². The van der Waals surface area contributed by atoms with Crippen LogP contribution >= 0.6 is 39.1 Å². The molecule has 0 bridgehead atoms. The molecule has 1 aliphatic heterocycles. The number of hydrogen-bond acceptors (Lipinski definition) is 5. The van der Waals surface area contributed by atoms with Crippen LogP contribution in [0, 0.1) is 0 Å². The second-order valence-corrected chi connectivity index (χ2v) is 6.15. The van der Waals surface area contributed by atoms with Gasteiger partial charge in [-0.2, -0.15) is 0 Å². The molecular formula is C11H5BrClN3O2S. The predicted octanol–water partition coefficient (Wildman–Crippen LogP) is 2.68. The number of carbonyl (C=O) groups excluding carboxylic acids is 2. The maximum atomic E-state index is 12.0. The molecule has 0 saturated carbocycles. The molecule has 96 valence electrons. The minimum atomic E-state index is -0.572. The number of rotatable bonds is 2. The molecule has 0 unspecified atom stereocenters. The van der Waals surface area contributed by atoms with E-state index in [2.05, 4.69) is 25.5 Å². The number of nitrogens with zero attached hydrogens (tertiary/aromatic N) is 3. The zero-order valence-corrected chi connectivity index (χ0v) is 12.4. The molecule has 0 atom stereocenters. The molecule has 0 aliphatic carbocycles. The van der Waals surface area contributed by atoms with Crippen molar-refractivity contribution in [3.05, 3.63) is 38.3 Å². The third-order valence-electron chi connectivity index (χ3n) is 2.75. The summed E-state index contributed by atoms with van der Waals surface area (Å²) in [6, 6.07) is 5.13. The zero-order chi connectivity index (χ0) is 13.6. The van der Waals surface area contributed by atoms with Gasteiger partial charge in [-0.3, -0.25) is 14.5 Å². The van der Waals surface area contributed by atoms with Crippen LogP contribution in [0.3, 0.4) is 0 Å². The lowest BCUT2D eigenvalue weighted by atomic mass is 10.1. The van der Waals surface area contributed by atoms with Gasteiger partial charge in [0.2, 0.25) is 0 Å². The van der Waals surface area contributed by atoms with Crippen LogP contribution in [0.25, 0.3) is 0 Å². The fourth-order valence-corrected chi connectivity index (χ4v) is 2.84. The Morgan fingerprint density at radius 3 is 2.84 bits per heavy atom. The first-order chi connectivity index (χ1) is 9.08. The highest BCUT2D eigenvalue weighted by molar-refractivity contribution is 9.10. The second kappa shape index (κ2) is 4.66. The van der Waals surface area contributed by atoms with Crippen molar-refractivity contribution in [1.82, 2.24) is 9.59 Å². The van der Waals surface area contributed by atoms with Gasteiger partial charge in [-0.15, -0.1) is 5.10 Å². The van der Waals surface area contributed by atoms with Gasteiger partial charge in [-0.05, 0) is 18.2 Å². The van der Waals surface area contributed by atoms with Crippen LogP contribution < -0.4 is 4.90 Å². The summed E-state index contributed by atoms with van der Waals surface area (Å²) >= 11 is 10.2. The standard InChI is InChI=1S/C11H5BrClN3O2S/c12-5-1-2-8-6(3-5)9(17)11(18)16(8)4-7-10(13)19-15-14-7/h1-3H,4H2. The Balaban J connectivity index is 2.02. The van der Waals surface area contributed by atoms with Gasteiger partial charge in [0.25, 0.3) is 11.7 Å². The van der Waals surface area contributed by atoms with Crippen LogP contribution in [0.2, 0.25) is 4.34 Å². The average Bonchev–Trinajstić information content (AvgIpc) is 2.88. The van der Waals surface area contributed by atoms with Crippen molar-refractivity contribution in [3.8, 4) is 0 Å². The molecule has 8 heteroatoms. The van der Waals surface area contributed by atoms with Crippen LogP contribution in [0.4, 0.5) is 5.69 Å². The fourth-order valence-electron chi connectivity index (χ4n) is 1.87. The van der Waals surface area contributed by atoms with Gasteiger partial charge >= 0.3 is 0 Å². The van der Waals surface area contributed by atoms with Crippen molar-refractivity contribution in [2.75, 3.05) is 4.90 Å². The third-order valence-corrected chi connectivity index (χ3v) is 4.23. The van der Waals surface area contributed by atoms with Crippen LogP contribution in [0.1, 0.15) is 16.1 Å². The van der Waals surface area contributed by atoms with Crippen molar-refractivity contribution in [2.24, 2.45) is 0 Å². The van der Waals surface area contributed by atoms with E-state index in [1.54, 1.807) is 18.2 Å². The van der Waals surface area contributed by atoms with E-state index in [1.807, 2.05) is 0 Å².